The average Bonchev–Trinajstić information content (AvgIpc) is 3.72. The van der Waals surface area contributed by atoms with E-state index in [1.54, 1.807) is 30.3 Å². The highest BCUT2D eigenvalue weighted by molar-refractivity contribution is 7.91. The second-order valence-corrected chi connectivity index (χ2v) is 11.5. The molecule has 4 rings (SSSR count). The van der Waals surface area contributed by atoms with E-state index >= 15 is 0 Å². The molecule has 0 bridgehead atoms. The predicted molar refractivity (Wildman–Crippen MR) is 146 cm³/mol. The van der Waals surface area contributed by atoms with Gasteiger partial charge in [-0.25, -0.2) is 8.42 Å². The lowest BCUT2D eigenvalue weighted by molar-refractivity contribution is -0.124. The van der Waals surface area contributed by atoms with E-state index in [2.05, 4.69) is 10.3 Å². The maximum Gasteiger partial charge on any atom is 0.475 e. The van der Waals surface area contributed by atoms with Gasteiger partial charge < -0.3 is 15.4 Å². The molecule has 1 amide bonds. The number of aromatic nitrogens is 1. The van der Waals surface area contributed by atoms with Crippen molar-refractivity contribution in [3.63, 3.8) is 0 Å². The maximum atomic E-state index is 13.5. The summed E-state index contributed by atoms with van der Waals surface area (Å²) in [6.07, 6.45) is 3.99. The average molecular weight is 536 g/mol. The first-order chi connectivity index (χ1) is 17.7. The van der Waals surface area contributed by atoms with E-state index in [0.29, 0.717) is 12.3 Å². The summed E-state index contributed by atoms with van der Waals surface area (Å²) in [5.74, 6) is -3.01. The summed E-state index contributed by atoms with van der Waals surface area (Å²) in [5.41, 5.74) is 1.15. The zero-order chi connectivity index (χ0) is 26.4. The van der Waals surface area contributed by atoms with Crippen molar-refractivity contribution < 1.29 is 28.1 Å². The van der Waals surface area contributed by atoms with Gasteiger partial charge in [-0.05, 0) is 48.6 Å². The van der Waals surface area contributed by atoms with Crippen molar-refractivity contribution in [1.29, 1.82) is 0 Å². The van der Waals surface area contributed by atoms with Gasteiger partial charge in [-0.1, -0.05) is 68.8 Å². The van der Waals surface area contributed by atoms with Gasteiger partial charge in [0.2, 0.25) is 11.7 Å². The molecule has 0 aliphatic heterocycles. The van der Waals surface area contributed by atoms with E-state index in [1.807, 2.05) is 18.2 Å². The highest BCUT2D eigenvalue weighted by Gasteiger charge is 2.35. The van der Waals surface area contributed by atoms with Gasteiger partial charge in [-0.2, -0.15) is 0 Å². The first-order valence-electron chi connectivity index (χ1n) is 12.2. The van der Waals surface area contributed by atoms with Crippen molar-refractivity contribution in [2.75, 3.05) is 5.75 Å². The van der Waals surface area contributed by atoms with Gasteiger partial charge in [-0.3, -0.25) is 14.6 Å². The van der Waals surface area contributed by atoms with Crippen molar-refractivity contribution >= 4 is 28.6 Å². The first-order valence-corrected chi connectivity index (χ1v) is 13.9. The number of rotatable bonds is 12. The van der Waals surface area contributed by atoms with E-state index in [4.69, 9.17) is 0 Å². The molecule has 2 atom stereocenters. The van der Waals surface area contributed by atoms with Crippen LogP contribution in [-0.2, 0) is 21.1 Å². The Morgan fingerprint density at radius 2 is 1.71 bits per heavy atom. The number of carbonyl (C=O) groups excluding carboxylic acids is 2. The Hall–Kier alpha value is -3.34. The lowest BCUT2D eigenvalue weighted by Crippen LogP contribution is -2.50. The molecule has 1 heterocycles. The first kappa shape index (κ1) is 29.2. The number of benzene rings is 2. The van der Waals surface area contributed by atoms with Gasteiger partial charge in [0.05, 0.1) is 22.5 Å². The fraction of sp³-hybridized carbons (Fsp3) is 0.321. The molecule has 200 valence electrons. The molecule has 10 heteroatoms. The Morgan fingerprint density at radius 1 is 1.00 bits per heavy atom. The van der Waals surface area contributed by atoms with E-state index < -0.39 is 46.3 Å². The number of ketones is 1. The van der Waals surface area contributed by atoms with Gasteiger partial charge in [0, 0.05) is 11.8 Å². The number of nitrogens with one attached hydrogen (secondary N) is 1. The largest absolute Gasteiger partial charge is 0.475 e. The Balaban J connectivity index is 0.00000400. The van der Waals surface area contributed by atoms with Crippen LogP contribution in [0, 0.1) is 11.8 Å². The number of hydrogen-bond acceptors (Lipinski definition) is 7. The topological polar surface area (TPSA) is 134 Å². The Labute approximate surface area is 224 Å². The minimum absolute atomic E-state index is 0. The van der Waals surface area contributed by atoms with Crippen LogP contribution in [0.15, 0.2) is 83.9 Å². The van der Waals surface area contributed by atoms with Crippen LogP contribution in [0.2, 0.25) is 0 Å². The number of sulfone groups is 1. The molecule has 8 nitrogen and oxygen atoms in total. The van der Waals surface area contributed by atoms with Crippen molar-refractivity contribution in [3.8, 4) is 0 Å². The number of pyridine rings is 1. The Bertz CT molecular complexity index is 1330. The Kier molecular flexibility index (Phi) is 9.96. The third-order valence-electron chi connectivity index (χ3n) is 6.44. The van der Waals surface area contributed by atoms with Crippen LogP contribution >= 0.6 is 0 Å². The second kappa shape index (κ2) is 13.0. The van der Waals surface area contributed by atoms with Gasteiger partial charge >= 0.3 is 7.12 Å². The van der Waals surface area contributed by atoms with Crippen LogP contribution in [0.3, 0.4) is 0 Å². The van der Waals surface area contributed by atoms with Crippen molar-refractivity contribution in [2.24, 2.45) is 11.8 Å². The SMILES string of the molecule is C.O=C(c1cccc(S(=O)(=O)C[C@@H](Cc2ccccc2)C(=O)N[C@@H](CC2CC2)B(O)O)c1)c1ccccn1. The minimum Gasteiger partial charge on any atom is -0.426 e. The monoisotopic (exact) mass is 536 g/mol. The molecule has 2 aromatic carbocycles. The fourth-order valence-electron chi connectivity index (χ4n) is 4.23. The van der Waals surface area contributed by atoms with Crippen LogP contribution in [0.5, 0.6) is 0 Å². The highest BCUT2D eigenvalue weighted by Crippen LogP contribution is 2.33. The molecule has 0 spiro atoms. The predicted octanol–water partition coefficient (Wildman–Crippen LogP) is 2.88. The zero-order valence-corrected chi connectivity index (χ0v) is 21.0. The van der Waals surface area contributed by atoms with Crippen LogP contribution in [0.4, 0.5) is 0 Å². The van der Waals surface area contributed by atoms with Crippen molar-refractivity contribution in [1.82, 2.24) is 10.3 Å². The molecule has 38 heavy (non-hydrogen) atoms. The van der Waals surface area contributed by atoms with Crippen LogP contribution < -0.4 is 5.32 Å². The summed E-state index contributed by atoms with van der Waals surface area (Å²) < 4.78 is 26.9. The zero-order valence-electron chi connectivity index (χ0n) is 20.2. The molecule has 0 saturated heterocycles. The van der Waals surface area contributed by atoms with Crippen LogP contribution in [-0.4, -0.2) is 54.0 Å². The standard InChI is InChI=1S/C27H29BN2O6S.CH4/c31-26(24-11-4-5-14-29-24)21-9-6-10-23(17-21)37(35,36)18-22(15-19-7-2-1-3-8-19)27(32)30-25(28(33)34)16-20-12-13-20;/h1-11,14,17,20,22,25,33-34H,12-13,15-16,18H2,(H,30,32);1H4/t22-,25+;/m1./s1. The molecule has 0 radical (unpaired) electrons. The lowest BCUT2D eigenvalue weighted by atomic mass is 9.76. The number of carbonyl (C=O) groups is 2. The van der Waals surface area contributed by atoms with E-state index in [1.165, 1.54) is 30.5 Å². The Morgan fingerprint density at radius 3 is 2.34 bits per heavy atom. The molecule has 0 unspecified atom stereocenters. The van der Waals surface area contributed by atoms with Gasteiger partial charge in [-0.15, -0.1) is 0 Å². The van der Waals surface area contributed by atoms with Crippen LogP contribution in [0.25, 0.3) is 0 Å². The summed E-state index contributed by atoms with van der Waals surface area (Å²) in [7, 11) is -5.73. The van der Waals surface area contributed by atoms with Crippen molar-refractivity contribution in [2.45, 2.75) is 43.9 Å². The second-order valence-electron chi connectivity index (χ2n) is 9.45. The fourth-order valence-corrected chi connectivity index (χ4v) is 5.81. The molecule has 1 aromatic heterocycles. The maximum absolute atomic E-state index is 13.5. The van der Waals surface area contributed by atoms with Crippen LogP contribution in [0.1, 0.15) is 48.3 Å². The summed E-state index contributed by atoms with van der Waals surface area (Å²) in [4.78, 5) is 30.0. The third-order valence-corrected chi connectivity index (χ3v) is 8.25. The lowest BCUT2D eigenvalue weighted by Gasteiger charge is -2.22. The molecule has 3 aromatic rings. The minimum atomic E-state index is -3.99. The van der Waals surface area contributed by atoms with Crippen molar-refractivity contribution in [3.05, 3.63) is 95.8 Å². The van der Waals surface area contributed by atoms with Gasteiger partial charge in [0.1, 0.15) is 5.69 Å². The molecule has 3 N–H and O–H groups in total. The smallest absolute Gasteiger partial charge is 0.426 e. The molecule has 1 aliphatic carbocycles. The summed E-state index contributed by atoms with van der Waals surface area (Å²) in [6.45, 7) is 0. The van der Waals surface area contributed by atoms with Gasteiger partial charge in [0.15, 0.2) is 9.84 Å². The molecule has 1 saturated carbocycles. The number of amides is 1. The molecular weight excluding hydrogens is 503 g/mol. The van der Waals surface area contributed by atoms with E-state index in [-0.39, 0.29) is 30.0 Å². The molecule has 1 fully saturated rings. The van der Waals surface area contributed by atoms with E-state index in [9.17, 15) is 28.1 Å². The molecule has 1 aliphatic rings. The summed E-state index contributed by atoms with van der Waals surface area (Å²) in [6, 6.07) is 19.7. The number of hydrogen-bond donors (Lipinski definition) is 3. The summed E-state index contributed by atoms with van der Waals surface area (Å²) >= 11 is 0. The quantitative estimate of drug-likeness (QED) is 0.239. The summed E-state index contributed by atoms with van der Waals surface area (Å²) in [5, 5.41) is 22.2. The normalized spacial score (nSPS) is 14.6. The molecular formula is C28H33BN2O6S. The highest BCUT2D eigenvalue weighted by atomic mass is 32.2. The number of nitrogens with zero attached hydrogens (tertiary/aromatic N) is 1. The van der Waals surface area contributed by atoms with Gasteiger partial charge in [0.25, 0.3) is 0 Å². The third kappa shape index (κ3) is 7.83. The van der Waals surface area contributed by atoms with E-state index in [0.717, 1.165) is 18.4 Å².